The molecule has 0 aliphatic carbocycles. The molecule has 3 rings (SSSR count). The van der Waals surface area contributed by atoms with E-state index in [1.807, 2.05) is 0 Å². The van der Waals surface area contributed by atoms with Gasteiger partial charge in [0.15, 0.2) is 10.3 Å². The Kier molecular flexibility index (Phi) is 3.79. The van der Waals surface area contributed by atoms with Gasteiger partial charge in [-0.05, 0) is 41.6 Å². The number of imidazole rings is 1. The lowest BCUT2D eigenvalue weighted by Gasteiger charge is -1.97. The van der Waals surface area contributed by atoms with Gasteiger partial charge in [-0.15, -0.1) is 0 Å². The number of aromatic nitrogens is 4. The molecule has 0 radical (unpaired) electrons. The van der Waals surface area contributed by atoms with E-state index in [0.29, 0.717) is 10.3 Å². The van der Waals surface area contributed by atoms with Crippen LogP contribution in [0.15, 0.2) is 53.2 Å². The molecule has 0 atom stereocenters. The molecule has 2 heterocycles. The standard InChI is InChI=1S/C13H8FN5O2S/c14-9-3-1-8(2-4-9)11-7-17-13(18-11)22-12-15-5-10(6-16-12)19(20)21/h1-7H,(H,17,18). The van der Waals surface area contributed by atoms with Crippen molar-refractivity contribution in [3.8, 4) is 11.3 Å². The topological polar surface area (TPSA) is 97.6 Å². The maximum atomic E-state index is 12.9. The minimum absolute atomic E-state index is 0.171. The lowest BCUT2D eigenvalue weighted by atomic mass is 10.2. The van der Waals surface area contributed by atoms with Gasteiger partial charge in [0.2, 0.25) is 0 Å². The molecule has 0 aliphatic rings. The van der Waals surface area contributed by atoms with Crippen molar-refractivity contribution in [3.63, 3.8) is 0 Å². The molecule has 9 heteroatoms. The van der Waals surface area contributed by atoms with Gasteiger partial charge in [-0.3, -0.25) is 10.1 Å². The molecular weight excluding hydrogens is 309 g/mol. The van der Waals surface area contributed by atoms with Crippen LogP contribution in [0.3, 0.4) is 0 Å². The second kappa shape index (κ2) is 5.90. The van der Waals surface area contributed by atoms with Crippen LogP contribution in [0, 0.1) is 15.9 Å². The number of rotatable bonds is 4. The molecule has 0 aliphatic heterocycles. The molecule has 22 heavy (non-hydrogen) atoms. The van der Waals surface area contributed by atoms with E-state index < -0.39 is 4.92 Å². The van der Waals surface area contributed by atoms with Gasteiger partial charge in [0.25, 0.3) is 0 Å². The summed E-state index contributed by atoms with van der Waals surface area (Å²) in [7, 11) is 0. The Bertz CT molecular complexity index is 804. The van der Waals surface area contributed by atoms with Gasteiger partial charge in [-0.1, -0.05) is 0 Å². The van der Waals surface area contributed by atoms with Gasteiger partial charge in [0.1, 0.15) is 18.2 Å². The first kappa shape index (κ1) is 14.1. The molecule has 0 saturated heterocycles. The summed E-state index contributed by atoms with van der Waals surface area (Å²) < 4.78 is 12.9. The fraction of sp³-hybridized carbons (Fsp3) is 0. The van der Waals surface area contributed by atoms with Crippen molar-refractivity contribution in [2.75, 3.05) is 0 Å². The first-order chi connectivity index (χ1) is 10.6. The van der Waals surface area contributed by atoms with Crippen LogP contribution < -0.4 is 0 Å². The third kappa shape index (κ3) is 3.09. The van der Waals surface area contributed by atoms with E-state index in [1.54, 1.807) is 18.3 Å². The Morgan fingerprint density at radius 1 is 1.09 bits per heavy atom. The van der Waals surface area contributed by atoms with Crippen molar-refractivity contribution in [3.05, 3.63) is 58.8 Å². The molecule has 0 saturated carbocycles. The molecule has 0 fully saturated rings. The fourth-order valence-corrected chi connectivity index (χ4v) is 2.32. The van der Waals surface area contributed by atoms with Crippen molar-refractivity contribution < 1.29 is 9.31 Å². The van der Waals surface area contributed by atoms with Gasteiger partial charge >= 0.3 is 5.69 Å². The number of halogens is 1. The number of hydrogen-bond acceptors (Lipinski definition) is 6. The van der Waals surface area contributed by atoms with Crippen LogP contribution in [0.1, 0.15) is 0 Å². The molecule has 0 unspecified atom stereocenters. The summed E-state index contributed by atoms with van der Waals surface area (Å²) in [5, 5.41) is 11.4. The normalized spacial score (nSPS) is 10.6. The van der Waals surface area contributed by atoms with Crippen LogP contribution in [0.5, 0.6) is 0 Å². The number of nitro groups is 1. The summed E-state index contributed by atoms with van der Waals surface area (Å²) in [6.45, 7) is 0. The average molecular weight is 317 g/mol. The van der Waals surface area contributed by atoms with Gasteiger partial charge in [-0.25, -0.2) is 19.3 Å². The molecule has 0 spiro atoms. The van der Waals surface area contributed by atoms with Gasteiger partial charge in [0, 0.05) is 0 Å². The molecule has 1 N–H and O–H groups in total. The Morgan fingerprint density at radius 3 is 2.41 bits per heavy atom. The molecule has 110 valence electrons. The Labute approximate surface area is 127 Å². The summed E-state index contributed by atoms with van der Waals surface area (Å²) in [5.74, 6) is -0.308. The maximum Gasteiger partial charge on any atom is 0.305 e. The lowest BCUT2D eigenvalue weighted by Crippen LogP contribution is -1.92. The van der Waals surface area contributed by atoms with Crippen molar-refractivity contribution in [2.45, 2.75) is 10.3 Å². The molecule has 0 amide bonds. The van der Waals surface area contributed by atoms with E-state index in [0.717, 1.165) is 35.4 Å². The second-order valence-corrected chi connectivity index (χ2v) is 5.15. The van der Waals surface area contributed by atoms with Gasteiger partial charge < -0.3 is 4.98 Å². The van der Waals surface area contributed by atoms with Crippen molar-refractivity contribution in [1.82, 2.24) is 19.9 Å². The molecule has 7 nitrogen and oxygen atoms in total. The minimum Gasteiger partial charge on any atom is -0.333 e. The maximum absolute atomic E-state index is 12.9. The predicted octanol–water partition coefficient (Wildman–Crippen LogP) is 3.07. The smallest absolute Gasteiger partial charge is 0.305 e. The Morgan fingerprint density at radius 2 is 1.77 bits per heavy atom. The number of aromatic amines is 1. The van der Waals surface area contributed by atoms with Crippen LogP contribution >= 0.6 is 11.8 Å². The van der Waals surface area contributed by atoms with E-state index >= 15 is 0 Å². The van der Waals surface area contributed by atoms with Crippen LogP contribution in [0.25, 0.3) is 11.3 Å². The minimum atomic E-state index is -0.562. The summed E-state index contributed by atoms with van der Waals surface area (Å²) in [6.07, 6.45) is 3.89. The highest BCUT2D eigenvalue weighted by Crippen LogP contribution is 2.25. The Hall–Kier alpha value is -2.81. The monoisotopic (exact) mass is 317 g/mol. The fourth-order valence-electron chi connectivity index (χ4n) is 1.67. The molecular formula is C13H8FN5O2S. The highest BCUT2D eigenvalue weighted by molar-refractivity contribution is 7.99. The van der Waals surface area contributed by atoms with Crippen LogP contribution in [-0.2, 0) is 0 Å². The van der Waals surface area contributed by atoms with E-state index in [4.69, 9.17) is 0 Å². The third-order valence-corrected chi connectivity index (χ3v) is 3.52. The van der Waals surface area contributed by atoms with Crippen LogP contribution in [0.2, 0.25) is 0 Å². The largest absolute Gasteiger partial charge is 0.333 e. The zero-order valence-electron chi connectivity index (χ0n) is 10.9. The summed E-state index contributed by atoms with van der Waals surface area (Å²) in [4.78, 5) is 25.0. The quantitative estimate of drug-likeness (QED) is 0.451. The van der Waals surface area contributed by atoms with Crippen LogP contribution in [-0.4, -0.2) is 24.9 Å². The second-order valence-electron chi connectivity index (χ2n) is 4.19. The lowest BCUT2D eigenvalue weighted by molar-refractivity contribution is -0.385. The molecule has 0 bridgehead atoms. The molecule has 1 aromatic carbocycles. The first-order valence-electron chi connectivity index (χ1n) is 6.07. The van der Waals surface area contributed by atoms with E-state index in [2.05, 4.69) is 19.9 Å². The number of H-pyrrole nitrogens is 1. The van der Waals surface area contributed by atoms with E-state index in [-0.39, 0.29) is 11.5 Å². The van der Waals surface area contributed by atoms with Crippen molar-refractivity contribution in [1.29, 1.82) is 0 Å². The zero-order chi connectivity index (χ0) is 15.5. The van der Waals surface area contributed by atoms with E-state index in [1.165, 1.54) is 12.1 Å². The predicted molar refractivity (Wildman–Crippen MR) is 76.8 cm³/mol. The summed E-state index contributed by atoms with van der Waals surface area (Å²) in [5.41, 5.74) is 1.35. The third-order valence-electron chi connectivity index (χ3n) is 2.72. The molecule has 3 aromatic rings. The first-order valence-corrected chi connectivity index (χ1v) is 6.89. The number of nitrogens with one attached hydrogen (secondary N) is 1. The van der Waals surface area contributed by atoms with Gasteiger partial charge in [-0.2, -0.15) is 0 Å². The zero-order valence-corrected chi connectivity index (χ0v) is 11.7. The molecule has 2 aromatic heterocycles. The van der Waals surface area contributed by atoms with E-state index in [9.17, 15) is 14.5 Å². The van der Waals surface area contributed by atoms with Crippen molar-refractivity contribution >= 4 is 17.4 Å². The highest BCUT2D eigenvalue weighted by atomic mass is 32.2. The van der Waals surface area contributed by atoms with Gasteiger partial charge in [0.05, 0.1) is 16.8 Å². The Balaban J connectivity index is 1.76. The van der Waals surface area contributed by atoms with Crippen molar-refractivity contribution in [2.24, 2.45) is 0 Å². The number of benzene rings is 1. The van der Waals surface area contributed by atoms with Crippen LogP contribution in [0.4, 0.5) is 10.1 Å². The number of nitrogens with zero attached hydrogens (tertiary/aromatic N) is 4. The number of hydrogen-bond donors (Lipinski definition) is 1. The SMILES string of the molecule is O=[N+]([O-])c1cnc(Sc2ncc(-c3ccc(F)cc3)[nH]2)nc1. The highest BCUT2D eigenvalue weighted by Gasteiger charge is 2.10. The average Bonchev–Trinajstić information content (AvgIpc) is 2.97. The summed E-state index contributed by atoms with van der Waals surface area (Å²) in [6, 6.07) is 6.00. The summed E-state index contributed by atoms with van der Waals surface area (Å²) >= 11 is 1.14.